The van der Waals surface area contributed by atoms with Crippen LogP contribution in [0.25, 0.3) is 0 Å². The number of rotatable bonds is 3. The van der Waals surface area contributed by atoms with Crippen molar-refractivity contribution >= 4 is 0 Å². The summed E-state index contributed by atoms with van der Waals surface area (Å²) in [5, 5.41) is 9.06. The lowest BCUT2D eigenvalue weighted by molar-refractivity contribution is 0.0205. The van der Waals surface area contributed by atoms with E-state index in [-0.39, 0.29) is 5.41 Å². The van der Waals surface area contributed by atoms with Crippen molar-refractivity contribution in [3.8, 4) is 0 Å². The highest BCUT2D eigenvalue weighted by molar-refractivity contribution is 4.88. The Kier molecular flexibility index (Phi) is 6.35. The Bertz CT molecular complexity index is 114. The van der Waals surface area contributed by atoms with Crippen LogP contribution in [-0.2, 0) is 0 Å². The summed E-state index contributed by atoms with van der Waals surface area (Å²) in [4.78, 5) is 2.16. The van der Waals surface area contributed by atoms with E-state index in [9.17, 15) is 0 Å². The summed E-state index contributed by atoms with van der Waals surface area (Å²) in [5.41, 5.74) is 0.267. The Balaban J connectivity index is 0.000000424. The minimum atomic E-state index is 0.267. The molecule has 0 aromatic carbocycles. The van der Waals surface area contributed by atoms with E-state index in [0.29, 0.717) is 6.61 Å². The fourth-order valence-corrected chi connectivity index (χ4v) is 1.71. The van der Waals surface area contributed by atoms with Gasteiger partial charge in [-0.25, -0.2) is 0 Å². The highest BCUT2D eigenvalue weighted by Gasteiger charge is 2.36. The summed E-state index contributed by atoms with van der Waals surface area (Å²) in [6.07, 6.45) is 4.97. The maximum atomic E-state index is 9.06. The zero-order chi connectivity index (χ0) is 10.3. The monoisotopic (exact) mass is 187 g/mol. The van der Waals surface area contributed by atoms with Crippen LogP contribution in [0.1, 0.15) is 39.5 Å². The van der Waals surface area contributed by atoms with Crippen molar-refractivity contribution in [2.45, 2.75) is 39.5 Å². The van der Waals surface area contributed by atoms with Crippen molar-refractivity contribution in [3.05, 3.63) is 0 Å². The van der Waals surface area contributed by atoms with E-state index in [1.165, 1.54) is 25.7 Å². The molecule has 0 saturated heterocycles. The molecular formula is C11H25NO. The van der Waals surface area contributed by atoms with Gasteiger partial charge in [-0.15, -0.1) is 0 Å². The zero-order valence-electron chi connectivity index (χ0n) is 9.64. The lowest BCUT2D eigenvalue weighted by Gasteiger charge is -2.42. The van der Waals surface area contributed by atoms with Crippen molar-refractivity contribution in [3.63, 3.8) is 0 Å². The summed E-state index contributed by atoms with van der Waals surface area (Å²) < 4.78 is 0. The number of aliphatic hydroxyl groups is 1. The third kappa shape index (κ3) is 4.63. The van der Waals surface area contributed by atoms with Gasteiger partial charge in [-0.05, 0) is 26.9 Å². The van der Waals surface area contributed by atoms with Gasteiger partial charge < -0.3 is 10.0 Å². The molecule has 1 N–H and O–H groups in total. The standard InChI is InChI=1S/C8H17NO.C3H8/c1-9(2)6-8(7-10)4-3-5-8;1-3-2/h10H,3-7H2,1-2H3;3H2,1-2H3. The van der Waals surface area contributed by atoms with E-state index in [1.54, 1.807) is 0 Å². The Morgan fingerprint density at radius 2 is 1.69 bits per heavy atom. The second kappa shape index (κ2) is 6.39. The fourth-order valence-electron chi connectivity index (χ4n) is 1.71. The molecule has 0 aliphatic heterocycles. The third-order valence-corrected chi connectivity index (χ3v) is 2.40. The van der Waals surface area contributed by atoms with Crippen LogP contribution in [0, 0.1) is 5.41 Å². The molecule has 1 aliphatic carbocycles. The van der Waals surface area contributed by atoms with Crippen molar-refractivity contribution in [2.75, 3.05) is 27.2 Å². The molecule has 0 heterocycles. The third-order valence-electron chi connectivity index (χ3n) is 2.40. The Labute approximate surface area is 82.9 Å². The minimum Gasteiger partial charge on any atom is -0.396 e. The van der Waals surface area contributed by atoms with Crippen LogP contribution in [0.2, 0.25) is 0 Å². The normalized spacial score (nSPS) is 18.9. The first kappa shape index (κ1) is 12.9. The molecule has 2 heteroatoms. The first-order chi connectivity index (χ1) is 6.10. The molecule has 0 atom stereocenters. The van der Waals surface area contributed by atoms with Crippen LogP contribution in [0.15, 0.2) is 0 Å². The van der Waals surface area contributed by atoms with Gasteiger partial charge in [0.05, 0.1) is 0 Å². The minimum absolute atomic E-state index is 0.267. The van der Waals surface area contributed by atoms with Crippen LogP contribution in [-0.4, -0.2) is 37.3 Å². The first-order valence-electron chi connectivity index (χ1n) is 5.36. The highest BCUT2D eigenvalue weighted by Crippen LogP contribution is 2.40. The maximum absolute atomic E-state index is 9.06. The molecule has 0 unspecified atom stereocenters. The average Bonchev–Trinajstić information content (AvgIpc) is 1.98. The predicted molar refractivity (Wildman–Crippen MR) is 57.9 cm³/mol. The molecule has 0 amide bonds. The SMILES string of the molecule is CCC.CN(C)CC1(CO)CCC1. The lowest BCUT2D eigenvalue weighted by atomic mass is 9.69. The topological polar surface area (TPSA) is 23.5 Å². The van der Waals surface area contributed by atoms with Gasteiger partial charge in [0.1, 0.15) is 0 Å². The van der Waals surface area contributed by atoms with Crippen molar-refractivity contribution in [1.82, 2.24) is 4.90 Å². The van der Waals surface area contributed by atoms with E-state index in [2.05, 4.69) is 32.8 Å². The van der Waals surface area contributed by atoms with Gasteiger partial charge in [0.15, 0.2) is 0 Å². The van der Waals surface area contributed by atoms with Crippen molar-refractivity contribution in [1.29, 1.82) is 0 Å². The van der Waals surface area contributed by atoms with Crippen LogP contribution in [0.4, 0.5) is 0 Å². The quantitative estimate of drug-likeness (QED) is 0.731. The smallest absolute Gasteiger partial charge is 0.0499 e. The Hall–Kier alpha value is -0.0800. The number of aliphatic hydroxyl groups excluding tert-OH is 1. The van der Waals surface area contributed by atoms with Crippen LogP contribution < -0.4 is 0 Å². The Morgan fingerprint density at radius 3 is 1.77 bits per heavy atom. The van der Waals surface area contributed by atoms with Gasteiger partial charge >= 0.3 is 0 Å². The molecule has 0 aromatic heterocycles. The van der Waals surface area contributed by atoms with E-state index in [4.69, 9.17) is 5.11 Å². The molecule has 0 aromatic rings. The largest absolute Gasteiger partial charge is 0.396 e. The summed E-state index contributed by atoms with van der Waals surface area (Å²) in [6, 6.07) is 0. The van der Waals surface area contributed by atoms with Gasteiger partial charge in [-0.1, -0.05) is 26.7 Å². The van der Waals surface area contributed by atoms with Crippen LogP contribution in [0.3, 0.4) is 0 Å². The Morgan fingerprint density at radius 1 is 1.23 bits per heavy atom. The molecule has 1 aliphatic rings. The molecule has 0 spiro atoms. The van der Waals surface area contributed by atoms with Crippen LogP contribution >= 0.6 is 0 Å². The summed E-state index contributed by atoms with van der Waals surface area (Å²) in [5.74, 6) is 0. The van der Waals surface area contributed by atoms with Gasteiger partial charge in [0.25, 0.3) is 0 Å². The molecule has 13 heavy (non-hydrogen) atoms. The molecule has 1 fully saturated rings. The second-order valence-electron chi connectivity index (χ2n) is 4.46. The van der Waals surface area contributed by atoms with Crippen LogP contribution in [0.5, 0.6) is 0 Å². The summed E-state index contributed by atoms with van der Waals surface area (Å²) >= 11 is 0. The summed E-state index contributed by atoms with van der Waals surface area (Å²) in [6.45, 7) is 5.66. The van der Waals surface area contributed by atoms with E-state index >= 15 is 0 Å². The molecule has 80 valence electrons. The number of nitrogens with zero attached hydrogens (tertiary/aromatic N) is 1. The first-order valence-corrected chi connectivity index (χ1v) is 5.36. The highest BCUT2D eigenvalue weighted by atomic mass is 16.3. The van der Waals surface area contributed by atoms with Crippen molar-refractivity contribution in [2.24, 2.45) is 5.41 Å². The maximum Gasteiger partial charge on any atom is 0.0499 e. The lowest BCUT2D eigenvalue weighted by Crippen LogP contribution is -2.42. The fraction of sp³-hybridized carbons (Fsp3) is 1.00. The molecule has 0 bridgehead atoms. The summed E-state index contributed by atoms with van der Waals surface area (Å²) in [7, 11) is 4.13. The molecule has 1 saturated carbocycles. The molecular weight excluding hydrogens is 162 g/mol. The van der Waals surface area contributed by atoms with Gasteiger partial charge in [-0.2, -0.15) is 0 Å². The van der Waals surface area contributed by atoms with Gasteiger partial charge in [0.2, 0.25) is 0 Å². The van der Waals surface area contributed by atoms with E-state index in [1.807, 2.05) is 0 Å². The second-order valence-corrected chi connectivity index (χ2v) is 4.46. The number of hydrogen-bond donors (Lipinski definition) is 1. The van der Waals surface area contributed by atoms with Crippen molar-refractivity contribution < 1.29 is 5.11 Å². The van der Waals surface area contributed by atoms with E-state index in [0.717, 1.165) is 6.54 Å². The van der Waals surface area contributed by atoms with E-state index < -0.39 is 0 Å². The molecule has 2 nitrogen and oxygen atoms in total. The number of hydrogen-bond acceptors (Lipinski definition) is 2. The van der Waals surface area contributed by atoms with Gasteiger partial charge in [-0.3, -0.25) is 0 Å². The predicted octanol–water partition coefficient (Wildman–Crippen LogP) is 2.13. The zero-order valence-corrected chi connectivity index (χ0v) is 9.64. The molecule has 0 radical (unpaired) electrons. The average molecular weight is 187 g/mol. The van der Waals surface area contributed by atoms with Gasteiger partial charge in [0, 0.05) is 18.6 Å². The molecule has 1 rings (SSSR count).